The largest absolute Gasteiger partial charge is 0.436 e. The van der Waals surface area contributed by atoms with Crippen LogP contribution in [0.2, 0.25) is 0 Å². The summed E-state index contributed by atoms with van der Waals surface area (Å²) in [5.74, 6) is 1.13. The lowest BCUT2D eigenvalue weighted by atomic mass is 9.94. The van der Waals surface area contributed by atoms with Crippen molar-refractivity contribution in [2.24, 2.45) is 0 Å². The first-order chi connectivity index (χ1) is 39.6. The van der Waals surface area contributed by atoms with E-state index in [0.29, 0.717) is 11.8 Å². The van der Waals surface area contributed by atoms with Gasteiger partial charge in [-0.25, -0.2) is 9.97 Å². The summed E-state index contributed by atoms with van der Waals surface area (Å²) in [7, 11) is 0. The Kier molecular flexibility index (Phi) is 10.5. The number of hydrogen-bond acceptors (Lipinski definition) is 6. The molecule has 0 atom stereocenters. The van der Waals surface area contributed by atoms with E-state index < -0.39 is 0 Å². The van der Waals surface area contributed by atoms with E-state index in [1.54, 1.807) is 0 Å². The maximum Gasteiger partial charge on any atom is 0.227 e. The maximum atomic E-state index is 6.43. The van der Waals surface area contributed by atoms with Crippen LogP contribution in [-0.4, -0.2) is 9.97 Å². The lowest BCUT2D eigenvalue weighted by molar-refractivity contribution is 0.619. The molecule has 0 N–H and O–H groups in total. The van der Waals surface area contributed by atoms with Gasteiger partial charge in [0.1, 0.15) is 11.0 Å². The first-order valence-electron chi connectivity index (χ1n) is 27.0. The summed E-state index contributed by atoms with van der Waals surface area (Å²) < 4.78 is 12.9. The van der Waals surface area contributed by atoms with Crippen LogP contribution in [0.4, 0.5) is 34.1 Å². The van der Waals surface area contributed by atoms with Crippen LogP contribution in [0.5, 0.6) is 0 Å². The highest BCUT2D eigenvalue weighted by atomic mass is 16.4. The van der Waals surface area contributed by atoms with E-state index in [0.717, 1.165) is 78.6 Å². The molecule has 374 valence electrons. The SMILES string of the molecule is c1ccc(N(c2ccc(-c3nc4cc(-c5ccc6oc(-c7ccc(N(c8ccccc8)c8ccc9c%10ccccc%10c%10ccccc%10c9c8)cc7)nc6c5)ccc4o3)cc2)c2ccc3c4ccccc4c4ccccc4c3c2)cc1. The number of fused-ring (bicyclic) bond motifs is 14. The van der Waals surface area contributed by atoms with Gasteiger partial charge in [0.25, 0.3) is 0 Å². The highest BCUT2D eigenvalue weighted by Crippen LogP contribution is 2.44. The van der Waals surface area contributed by atoms with Crippen molar-refractivity contribution >= 4 is 121 Å². The van der Waals surface area contributed by atoms with Gasteiger partial charge < -0.3 is 18.6 Å². The minimum atomic E-state index is 0.563. The summed E-state index contributed by atoms with van der Waals surface area (Å²) >= 11 is 0. The molecule has 0 saturated heterocycles. The van der Waals surface area contributed by atoms with Gasteiger partial charge in [0.2, 0.25) is 11.8 Å². The third-order valence-electron chi connectivity index (χ3n) is 15.9. The Labute approximate surface area is 460 Å². The predicted molar refractivity (Wildman–Crippen MR) is 332 cm³/mol. The molecule has 6 heteroatoms. The van der Waals surface area contributed by atoms with Gasteiger partial charge in [-0.05, 0) is 197 Å². The zero-order valence-electron chi connectivity index (χ0n) is 43.2. The molecule has 0 spiro atoms. The van der Waals surface area contributed by atoms with Crippen molar-refractivity contribution < 1.29 is 8.83 Å². The van der Waals surface area contributed by atoms with Gasteiger partial charge in [0.15, 0.2) is 11.2 Å². The summed E-state index contributed by atoms with van der Waals surface area (Å²) in [4.78, 5) is 14.7. The number of benzene rings is 14. The number of para-hydroxylation sites is 2. The van der Waals surface area contributed by atoms with Gasteiger partial charge in [0.05, 0.1) is 0 Å². The molecule has 0 saturated carbocycles. The first kappa shape index (κ1) is 45.4. The number of hydrogen-bond donors (Lipinski definition) is 0. The number of rotatable bonds is 9. The van der Waals surface area contributed by atoms with Crippen LogP contribution in [0.1, 0.15) is 0 Å². The Morgan fingerprint density at radius 3 is 0.838 bits per heavy atom. The molecule has 80 heavy (non-hydrogen) atoms. The van der Waals surface area contributed by atoms with Crippen molar-refractivity contribution in [3.63, 3.8) is 0 Å². The fraction of sp³-hybridized carbons (Fsp3) is 0. The van der Waals surface area contributed by atoms with Crippen LogP contribution in [0.25, 0.3) is 121 Å². The van der Waals surface area contributed by atoms with E-state index in [1.807, 2.05) is 12.1 Å². The van der Waals surface area contributed by atoms with Gasteiger partial charge in [-0.3, -0.25) is 0 Å². The van der Waals surface area contributed by atoms with Crippen molar-refractivity contribution in [3.05, 3.63) is 279 Å². The van der Waals surface area contributed by atoms with E-state index in [2.05, 4.69) is 277 Å². The third-order valence-corrected chi connectivity index (χ3v) is 15.9. The van der Waals surface area contributed by atoms with E-state index in [9.17, 15) is 0 Å². The number of anilines is 6. The quantitative estimate of drug-likeness (QED) is 0.134. The Morgan fingerprint density at radius 2 is 0.487 bits per heavy atom. The highest BCUT2D eigenvalue weighted by Gasteiger charge is 2.20. The van der Waals surface area contributed by atoms with E-state index in [4.69, 9.17) is 18.8 Å². The van der Waals surface area contributed by atoms with Gasteiger partial charge >= 0.3 is 0 Å². The second kappa shape index (κ2) is 18.4. The molecule has 2 aromatic heterocycles. The summed E-state index contributed by atoms with van der Waals surface area (Å²) in [5, 5.41) is 15.0. The van der Waals surface area contributed by atoms with Crippen molar-refractivity contribution in [3.8, 4) is 34.0 Å². The fourth-order valence-electron chi connectivity index (χ4n) is 12.1. The molecular formula is C74H46N4O2. The van der Waals surface area contributed by atoms with E-state index in [1.165, 1.54) is 64.6 Å². The lowest BCUT2D eigenvalue weighted by Gasteiger charge is -2.26. The summed E-state index contributed by atoms with van der Waals surface area (Å²) in [5.41, 5.74) is 13.1. The molecule has 6 nitrogen and oxygen atoms in total. The van der Waals surface area contributed by atoms with Crippen molar-refractivity contribution in [1.29, 1.82) is 0 Å². The number of aromatic nitrogens is 2. The van der Waals surface area contributed by atoms with Crippen molar-refractivity contribution in [2.75, 3.05) is 9.80 Å². The van der Waals surface area contributed by atoms with Gasteiger partial charge in [-0.2, -0.15) is 0 Å². The smallest absolute Gasteiger partial charge is 0.227 e. The predicted octanol–water partition coefficient (Wildman–Crippen LogP) is 20.8. The van der Waals surface area contributed by atoms with Crippen LogP contribution in [-0.2, 0) is 0 Å². The molecule has 16 aromatic rings. The van der Waals surface area contributed by atoms with Crippen LogP contribution >= 0.6 is 0 Å². The van der Waals surface area contributed by atoms with E-state index in [-0.39, 0.29) is 0 Å². The van der Waals surface area contributed by atoms with Crippen LogP contribution in [0.3, 0.4) is 0 Å². The summed E-state index contributed by atoms with van der Waals surface area (Å²) in [6, 6.07) is 98.9. The molecule has 0 aliphatic carbocycles. The van der Waals surface area contributed by atoms with Gasteiger partial charge in [0, 0.05) is 45.3 Å². The van der Waals surface area contributed by atoms with Crippen molar-refractivity contribution in [2.45, 2.75) is 0 Å². The minimum absolute atomic E-state index is 0.563. The highest BCUT2D eigenvalue weighted by molar-refractivity contribution is 6.27. The number of oxazole rings is 2. The molecule has 0 aliphatic heterocycles. The van der Waals surface area contributed by atoms with Crippen LogP contribution < -0.4 is 9.80 Å². The summed E-state index contributed by atoms with van der Waals surface area (Å²) in [6.45, 7) is 0. The van der Waals surface area contributed by atoms with Crippen LogP contribution in [0.15, 0.2) is 288 Å². The molecule has 16 rings (SSSR count). The number of nitrogens with zero attached hydrogens (tertiary/aromatic N) is 4. The van der Waals surface area contributed by atoms with Crippen LogP contribution in [0, 0.1) is 0 Å². The normalized spacial score (nSPS) is 11.8. The molecular weight excluding hydrogens is 977 g/mol. The Balaban J connectivity index is 0.684. The van der Waals surface area contributed by atoms with E-state index >= 15 is 0 Å². The standard InChI is InChI=1S/C74H46N4O2/c1-3-15-51(16-4-1)77(55-37-39-65-61-23-9-7-19-57(61)59-21-11-13-25-63(59)67(65)45-55)53-33-27-47(28-34-53)73-75-69-43-49(31-41-71(69)79-73)50-32-42-72-70(44-50)76-74(80-72)48-29-35-54(36-30-48)78(52-17-5-2-6-18-52)56-38-40-66-62-24-10-8-20-58(62)60-22-12-14-26-64(60)68(66)46-56/h1-46H. The second-order valence-corrected chi connectivity index (χ2v) is 20.5. The molecule has 14 aromatic carbocycles. The molecule has 0 amide bonds. The Morgan fingerprint density at radius 1 is 0.212 bits per heavy atom. The molecule has 0 unspecified atom stereocenters. The molecule has 0 fully saturated rings. The lowest BCUT2D eigenvalue weighted by Crippen LogP contribution is -2.09. The zero-order valence-corrected chi connectivity index (χ0v) is 43.2. The minimum Gasteiger partial charge on any atom is -0.436 e. The molecule has 0 radical (unpaired) electrons. The fourth-order valence-corrected chi connectivity index (χ4v) is 12.1. The van der Waals surface area contributed by atoms with Gasteiger partial charge in [-0.1, -0.05) is 158 Å². The first-order valence-corrected chi connectivity index (χ1v) is 27.0. The second-order valence-electron chi connectivity index (χ2n) is 20.5. The third kappa shape index (κ3) is 7.57. The Hall–Kier alpha value is -10.8. The molecule has 0 bridgehead atoms. The molecule has 2 heterocycles. The van der Waals surface area contributed by atoms with Gasteiger partial charge in [-0.15, -0.1) is 0 Å². The molecule has 0 aliphatic rings. The topological polar surface area (TPSA) is 58.5 Å². The Bertz CT molecular complexity index is 4680. The summed E-state index contributed by atoms with van der Waals surface area (Å²) in [6.07, 6.45) is 0. The average molecular weight is 1020 g/mol. The zero-order chi connectivity index (χ0) is 52.7. The van der Waals surface area contributed by atoms with Crippen molar-refractivity contribution in [1.82, 2.24) is 9.97 Å². The average Bonchev–Trinajstić information content (AvgIpc) is 4.29. The monoisotopic (exact) mass is 1020 g/mol. The maximum absolute atomic E-state index is 6.43.